The van der Waals surface area contributed by atoms with E-state index >= 15 is 0 Å². The number of nitrogens with zero attached hydrogens (tertiary/aromatic N) is 3. The van der Waals surface area contributed by atoms with Crippen LogP contribution in [0.25, 0.3) is 0 Å². The maximum atomic E-state index is 13.9. The number of phenols is 3. The van der Waals surface area contributed by atoms with E-state index in [-0.39, 0.29) is 71.4 Å². The number of methoxy groups -OCH3 is 5. The van der Waals surface area contributed by atoms with E-state index in [1.54, 1.807) is 44.6 Å². The van der Waals surface area contributed by atoms with Crippen LogP contribution >= 0.6 is 0 Å². The fourth-order valence-corrected chi connectivity index (χ4v) is 25.7. The minimum Gasteiger partial charge on any atom is -0.508 e. The Balaban J connectivity index is 0.000000176. The van der Waals surface area contributed by atoms with Gasteiger partial charge in [0, 0.05) is 23.2 Å². The molecule has 0 radical (unpaired) electrons. The summed E-state index contributed by atoms with van der Waals surface area (Å²) in [5.41, 5.74) is 2.38. The predicted molar refractivity (Wildman–Crippen MR) is 445 cm³/mol. The van der Waals surface area contributed by atoms with E-state index in [2.05, 4.69) is 19.2 Å². The van der Waals surface area contributed by atoms with Crippen molar-refractivity contribution in [2.24, 2.45) is 0 Å². The molecule has 4 heterocycles. The molecular weight excluding hydrogens is 1550 g/mol. The summed E-state index contributed by atoms with van der Waals surface area (Å²) in [4.78, 5) is 6.51. The summed E-state index contributed by atoms with van der Waals surface area (Å²) in [5.74, 6) is 0.145. The van der Waals surface area contributed by atoms with Crippen molar-refractivity contribution in [2.45, 2.75) is 211 Å². The van der Waals surface area contributed by atoms with Crippen molar-refractivity contribution in [3.63, 3.8) is 0 Å². The van der Waals surface area contributed by atoms with E-state index in [0.717, 1.165) is 72.8 Å². The van der Waals surface area contributed by atoms with Gasteiger partial charge in [-0.15, -0.1) is 0 Å². The zero-order valence-electron chi connectivity index (χ0n) is 68.6. The standard InChI is InChI=1S/C24H33NO6S.C24H33NO5S.C21H27NO5S.C19H23NO3S/c1-6-8-14-24(7-2)16-32(27,28)23-18(15-19(29-3)21(30-4)22(23)31-5)20(25(24)26)17-12-10-9-11-13-17;1-6-8-14-24(7-2)17-31(26,27)22-16-21(29-4)20(28-3)15-19(22)23(25(24)30-5)18-12-10-9-11-13-18;1-3-5-11-21(4-2)14-28(26,27)19-13-18(24)17(23)12-16(19)20(22(21)25)15-9-7-6-8-10-15;1-3-19(4-2)13-24(22,23)17-12-15(21)10-11-16(17)18(20-19)14-8-6-5-7-9-14/h9-13,15,20,26H,6-8,14,16H2,1-5H3;9-13,15-16,23H,6-8,14,17H2,1-5H3;6-10,12-13,20,23-25H,3-5,11,14H2,1-2H3;5-12,18,20-21H,3-4,13H2,1-2H3/t20-,24-;23-,24-;20-,21-;/m111./s1. The average molecular weight is 1660 g/mol. The van der Waals surface area contributed by atoms with Gasteiger partial charge in [-0.1, -0.05) is 221 Å². The van der Waals surface area contributed by atoms with Crippen LogP contribution in [-0.2, 0) is 44.2 Å². The van der Waals surface area contributed by atoms with Crippen LogP contribution < -0.4 is 29.0 Å². The van der Waals surface area contributed by atoms with Gasteiger partial charge in [-0.3, -0.25) is 5.32 Å². The highest BCUT2D eigenvalue weighted by atomic mass is 32.2. The molecule has 115 heavy (non-hydrogen) atoms. The Labute approximate surface area is 680 Å². The Morgan fingerprint density at radius 2 is 0.765 bits per heavy atom. The van der Waals surface area contributed by atoms with Gasteiger partial charge in [0.25, 0.3) is 0 Å². The smallest absolute Gasteiger partial charge is 0.204 e. The number of phenolic OH excluding ortho intramolecular Hbond substituents is 3. The monoisotopic (exact) mass is 1660 g/mol. The fourth-order valence-electron chi connectivity index (χ4n) is 16.8. The van der Waals surface area contributed by atoms with E-state index in [9.17, 15) is 59.4 Å². The molecule has 0 aromatic heterocycles. The molecule has 0 spiro atoms. The van der Waals surface area contributed by atoms with Gasteiger partial charge in [0.1, 0.15) is 10.6 Å². The lowest BCUT2D eigenvalue weighted by atomic mass is 9.87. The number of hydroxylamine groups is 6. The van der Waals surface area contributed by atoms with Gasteiger partial charge in [0.05, 0.1) is 121 Å². The van der Waals surface area contributed by atoms with E-state index in [1.807, 2.05) is 168 Å². The van der Waals surface area contributed by atoms with Crippen LogP contribution in [0.5, 0.6) is 46.0 Å². The SMILES string of the molecule is CCC1(CC)CS(=O)(=O)c2cc(O)ccc2C(c2ccccc2)N1.CCCC[C@]1(CC)CS(=O)(=O)c2c(cc(OC)c(OC)c2OC)[C@@H](c2ccccc2)N1O.CCCC[C@]1(CC)CS(=O)(=O)c2cc(O)c(O)cc2[C@@H](c2ccccc2)N1O.CCCC[C@]1(CC)CS(=O)(=O)c2cc(OC)c(OC)cc2[C@@H](c2ccccc2)N1OC. The highest BCUT2D eigenvalue weighted by Crippen LogP contribution is 2.54. The van der Waals surface area contributed by atoms with E-state index in [4.69, 9.17) is 28.5 Å². The molecule has 0 bridgehead atoms. The number of fused-ring (bicyclic) bond motifs is 4. The summed E-state index contributed by atoms with van der Waals surface area (Å²) in [6, 6.07) is 48.2. The molecule has 8 aromatic carbocycles. The quantitative estimate of drug-likeness (QED) is 0.0306. The van der Waals surface area contributed by atoms with Gasteiger partial charge in [-0.25, -0.2) is 33.7 Å². The van der Waals surface area contributed by atoms with Crippen LogP contribution in [0.1, 0.15) is 214 Å². The third kappa shape index (κ3) is 18.8. The molecule has 23 nitrogen and oxygen atoms in total. The topological polar surface area (TPSA) is 315 Å². The molecule has 27 heteroatoms. The molecule has 8 aromatic rings. The lowest BCUT2D eigenvalue weighted by molar-refractivity contribution is -0.220. The molecule has 0 amide bonds. The Hall–Kier alpha value is -8.32. The Kier molecular flexibility index (Phi) is 30.2. The van der Waals surface area contributed by atoms with Crippen LogP contribution in [-0.4, -0.2) is 162 Å². The van der Waals surface area contributed by atoms with Crippen LogP contribution in [0.2, 0.25) is 0 Å². The average Bonchev–Trinajstić information content (AvgIpc) is 1.61. The third-order valence-corrected chi connectivity index (χ3v) is 31.2. The van der Waals surface area contributed by atoms with Crippen LogP contribution in [0.15, 0.2) is 189 Å². The van der Waals surface area contributed by atoms with Gasteiger partial charge in [-0.2, -0.15) is 15.2 Å². The second-order valence-electron chi connectivity index (χ2n) is 30.1. The maximum absolute atomic E-state index is 13.9. The molecule has 1 unspecified atom stereocenters. The third-order valence-electron chi connectivity index (χ3n) is 23.4. The van der Waals surface area contributed by atoms with Crippen molar-refractivity contribution in [1.82, 2.24) is 20.5 Å². The number of sulfone groups is 4. The summed E-state index contributed by atoms with van der Waals surface area (Å²) < 4.78 is 135. The van der Waals surface area contributed by atoms with Gasteiger partial charge in [-0.05, 0) is 121 Å². The molecule has 0 fully saturated rings. The number of rotatable bonds is 24. The zero-order valence-corrected chi connectivity index (χ0v) is 71.9. The first-order valence-corrected chi connectivity index (χ1v) is 46.1. The van der Waals surface area contributed by atoms with E-state index < -0.39 is 91.1 Å². The lowest BCUT2D eigenvalue weighted by Gasteiger charge is -2.44. The minimum absolute atomic E-state index is 0.0177. The molecular formula is C88H116N4O19S4. The molecule has 0 saturated heterocycles. The fraction of sp³-hybridized carbons (Fsp3) is 0.455. The van der Waals surface area contributed by atoms with E-state index in [1.165, 1.54) is 45.6 Å². The van der Waals surface area contributed by atoms with Gasteiger partial charge in [0.15, 0.2) is 73.8 Å². The number of ether oxygens (including phenoxy) is 5. The maximum Gasteiger partial charge on any atom is 0.204 e. The molecule has 12 rings (SSSR count). The number of hydrogen-bond acceptors (Lipinski definition) is 23. The van der Waals surface area contributed by atoms with Crippen molar-refractivity contribution >= 4 is 39.3 Å². The molecule has 6 N–H and O–H groups in total. The Bertz CT molecular complexity index is 5070. The number of benzene rings is 8. The van der Waals surface area contributed by atoms with Crippen molar-refractivity contribution in [1.29, 1.82) is 0 Å². The summed E-state index contributed by atoms with van der Waals surface area (Å²) >= 11 is 0. The van der Waals surface area contributed by atoms with Crippen LogP contribution in [0, 0.1) is 0 Å². The number of nitrogens with one attached hydrogen (secondary N) is 1. The summed E-state index contributed by atoms with van der Waals surface area (Å²) in [7, 11) is -5.76. The lowest BCUT2D eigenvalue weighted by Crippen LogP contribution is -2.52. The zero-order chi connectivity index (χ0) is 84.1. The first kappa shape index (κ1) is 90.6. The normalized spacial score (nSPS) is 23.0. The molecule has 0 aliphatic carbocycles. The molecule has 4 aliphatic rings. The number of unbranched alkanes of at least 4 members (excludes halogenated alkanes) is 3. The van der Waals surface area contributed by atoms with Crippen molar-refractivity contribution in [3.8, 4) is 46.0 Å². The largest absolute Gasteiger partial charge is 0.508 e. The summed E-state index contributed by atoms with van der Waals surface area (Å²) in [5, 5.41) is 60.9. The summed E-state index contributed by atoms with van der Waals surface area (Å²) in [6.45, 7) is 16.1. The van der Waals surface area contributed by atoms with Crippen LogP contribution in [0.3, 0.4) is 0 Å². The van der Waals surface area contributed by atoms with Crippen molar-refractivity contribution in [2.75, 3.05) is 65.7 Å². The highest BCUT2D eigenvalue weighted by molar-refractivity contribution is 7.92. The van der Waals surface area contributed by atoms with E-state index in [0.29, 0.717) is 84.4 Å². The molecule has 0 saturated carbocycles. The van der Waals surface area contributed by atoms with Gasteiger partial charge < -0.3 is 54.3 Å². The number of hydrogen-bond donors (Lipinski definition) is 6. The van der Waals surface area contributed by atoms with Gasteiger partial charge in [0.2, 0.25) is 5.75 Å². The molecule has 626 valence electrons. The number of aromatic hydroxyl groups is 3. The Morgan fingerprint density at radius 3 is 1.21 bits per heavy atom. The Morgan fingerprint density at radius 1 is 0.383 bits per heavy atom. The highest BCUT2D eigenvalue weighted by Gasteiger charge is 2.53. The summed E-state index contributed by atoms with van der Waals surface area (Å²) in [6.07, 6.45) is 9.99. The second kappa shape index (κ2) is 38.4. The van der Waals surface area contributed by atoms with Crippen LogP contribution in [0.4, 0.5) is 0 Å². The molecule has 4 aliphatic heterocycles. The second-order valence-corrected chi connectivity index (χ2v) is 37.9. The van der Waals surface area contributed by atoms with Crippen molar-refractivity contribution < 1.29 is 87.9 Å². The first-order valence-electron chi connectivity index (χ1n) is 39.5. The van der Waals surface area contributed by atoms with Crippen molar-refractivity contribution in [3.05, 3.63) is 214 Å². The minimum atomic E-state index is -3.87. The molecule has 7 atom stereocenters. The first-order chi connectivity index (χ1) is 54.8. The predicted octanol–water partition coefficient (Wildman–Crippen LogP) is 16.8. The van der Waals surface area contributed by atoms with Gasteiger partial charge >= 0.3 is 0 Å².